The van der Waals surface area contributed by atoms with Gasteiger partial charge in [0, 0.05) is 11.9 Å². The second-order valence-corrected chi connectivity index (χ2v) is 7.76. The minimum atomic E-state index is -1.69. The van der Waals surface area contributed by atoms with Crippen molar-refractivity contribution in [2.75, 3.05) is 0 Å². The van der Waals surface area contributed by atoms with Gasteiger partial charge in [-0.05, 0) is 12.8 Å². The van der Waals surface area contributed by atoms with Crippen molar-refractivity contribution in [3.63, 3.8) is 0 Å². The highest BCUT2D eigenvalue weighted by atomic mass is 35.6. The van der Waals surface area contributed by atoms with Crippen molar-refractivity contribution in [3.05, 3.63) is 12.2 Å². The maximum atomic E-state index is 11.9. The molecule has 88 valence electrons. The molecule has 1 saturated heterocycles. The molecule has 0 saturated carbocycles. The fourth-order valence-electron chi connectivity index (χ4n) is 1.95. The molecule has 2 aliphatic rings. The summed E-state index contributed by atoms with van der Waals surface area (Å²) in [4.78, 5) is 23.8. The monoisotopic (exact) mass is 299 g/mol. The van der Waals surface area contributed by atoms with Gasteiger partial charge in [-0.15, -0.1) is 0 Å². The maximum absolute atomic E-state index is 11.9. The summed E-state index contributed by atoms with van der Waals surface area (Å²) in [5, 5.41) is 0. The fraction of sp³-hybridized carbons (Fsp3) is 0.556. The van der Waals surface area contributed by atoms with Gasteiger partial charge in [0.15, 0.2) is 0 Å². The first-order chi connectivity index (χ1) is 7.40. The highest BCUT2D eigenvalue weighted by molar-refractivity contribution is 8.03. The predicted molar refractivity (Wildman–Crippen MR) is 65.1 cm³/mol. The lowest BCUT2D eigenvalue weighted by Crippen LogP contribution is -2.26. The third-order valence-electron chi connectivity index (χ3n) is 2.62. The summed E-state index contributed by atoms with van der Waals surface area (Å²) < 4.78 is -0.708. The Kier molecular flexibility index (Phi) is 3.46. The highest BCUT2D eigenvalue weighted by Crippen LogP contribution is 2.46. The molecule has 16 heavy (non-hydrogen) atoms. The van der Waals surface area contributed by atoms with Crippen molar-refractivity contribution in [2.45, 2.75) is 16.0 Å². The number of alkyl halides is 3. The van der Waals surface area contributed by atoms with Crippen LogP contribution >= 0.6 is 46.8 Å². The Morgan fingerprint density at radius 3 is 2.56 bits per heavy atom. The SMILES string of the molecule is O=C1C2C=CCCC2C(=O)N1SC(Cl)(Cl)Cl. The number of hydrogen-bond donors (Lipinski definition) is 0. The van der Waals surface area contributed by atoms with Crippen molar-refractivity contribution in [3.8, 4) is 0 Å². The van der Waals surface area contributed by atoms with Gasteiger partial charge in [-0.3, -0.25) is 9.59 Å². The molecule has 1 fully saturated rings. The van der Waals surface area contributed by atoms with Crippen LogP contribution in [0.2, 0.25) is 0 Å². The van der Waals surface area contributed by atoms with E-state index in [4.69, 9.17) is 34.8 Å². The number of amides is 2. The molecular formula is C9H8Cl3NO2S. The fourth-order valence-corrected chi connectivity index (χ4v) is 3.22. The molecule has 0 radical (unpaired) electrons. The molecule has 0 N–H and O–H groups in total. The summed E-state index contributed by atoms with van der Waals surface area (Å²) >= 11 is 17.4. The summed E-state index contributed by atoms with van der Waals surface area (Å²) in [7, 11) is 0. The third kappa shape index (κ3) is 2.35. The molecule has 2 atom stereocenters. The third-order valence-corrected chi connectivity index (χ3v) is 3.99. The van der Waals surface area contributed by atoms with Crippen LogP contribution in [0.1, 0.15) is 12.8 Å². The van der Waals surface area contributed by atoms with Gasteiger partial charge in [0.1, 0.15) is 0 Å². The molecule has 0 bridgehead atoms. The summed E-state index contributed by atoms with van der Waals surface area (Å²) in [6, 6.07) is 0. The summed E-state index contributed by atoms with van der Waals surface area (Å²) in [6.45, 7) is 0. The van der Waals surface area contributed by atoms with E-state index in [0.29, 0.717) is 18.4 Å². The lowest BCUT2D eigenvalue weighted by molar-refractivity contribution is -0.133. The number of carbonyl (C=O) groups is 2. The first-order valence-corrected chi connectivity index (χ1v) is 6.61. The average Bonchev–Trinajstić information content (AvgIpc) is 2.43. The van der Waals surface area contributed by atoms with Gasteiger partial charge in [0.05, 0.1) is 11.8 Å². The lowest BCUT2D eigenvalue weighted by Gasteiger charge is -2.17. The number of allylic oxidation sites excluding steroid dienone is 1. The van der Waals surface area contributed by atoms with Gasteiger partial charge in [-0.25, -0.2) is 4.31 Å². The number of halogens is 3. The van der Waals surface area contributed by atoms with Gasteiger partial charge in [-0.2, -0.15) is 0 Å². The minimum absolute atomic E-state index is 0.254. The first-order valence-electron chi connectivity index (χ1n) is 4.70. The second kappa shape index (κ2) is 4.41. The summed E-state index contributed by atoms with van der Waals surface area (Å²) in [5.74, 6) is -1.20. The maximum Gasteiger partial charge on any atom is 0.256 e. The zero-order chi connectivity index (χ0) is 11.9. The van der Waals surface area contributed by atoms with Gasteiger partial charge >= 0.3 is 0 Å². The van der Waals surface area contributed by atoms with Crippen LogP contribution in [0.5, 0.6) is 0 Å². The van der Waals surface area contributed by atoms with Gasteiger partial charge in [0.2, 0.25) is 11.8 Å². The van der Waals surface area contributed by atoms with Crippen LogP contribution in [-0.2, 0) is 9.59 Å². The Bertz CT molecular complexity index is 366. The molecule has 0 aromatic heterocycles. The minimum Gasteiger partial charge on any atom is -0.273 e. The summed E-state index contributed by atoms with van der Waals surface area (Å²) in [6.07, 6.45) is 5.18. The largest absolute Gasteiger partial charge is 0.273 e. The molecular weight excluding hydrogens is 293 g/mol. The Labute approximate surface area is 112 Å². The van der Waals surface area contributed by atoms with E-state index >= 15 is 0 Å². The predicted octanol–water partition coefficient (Wildman–Crippen LogP) is 2.91. The Morgan fingerprint density at radius 1 is 1.31 bits per heavy atom. The van der Waals surface area contributed by atoms with E-state index in [0.717, 1.165) is 10.7 Å². The van der Waals surface area contributed by atoms with Crippen LogP contribution < -0.4 is 0 Å². The van der Waals surface area contributed by atoms with Crippen LogP contribution in [0.15, 0.2) is 12.2 Å². The van der Waals surface area contributed by atoms with E-state index < -0.39 is 3.12 Å². The molecule has 0 spiro atoms. The lowest BCUT2D eigenvalue weighted by atomic mass is 9.86. The number of hydrogen-bond acceptors (Lipinski definition) is 3. The van der Waals surface area contributed by atoms with Crippen molar-refractivity contribution < 1.29 is 9.59 Å². The van der Waals surface area contributed by atoms with Crippen molar-refractivity contribution in [1.82, 2.24) is 4.31 Å². The Balaban J connectivity index is 2.20. The van der Waals surface area contributed by atoms with E-state index in [1.165, 1.54) is 0 Å². The molecule has 0 aromatic carbocycles. The van der Waals surface area contributed by atoms with Crippen molar-refractivity contribution in [1.29, 1.82) is 0 Å². The van der Waals surface area contributed by atoms with Gasteiger partial charge in [-0.1, -0.05) is 47.0 Å². The van der Waals surface area contributed by atoms with Crippen LogP contribution in [0, 0.1) is 11.8 Å². The number of nitrogens with zero attached hydrogens (tertiary/aromatic N) is 1. The first kappa shape index (κ1) is 12.6. The number of fused-ring (bicyclic) bond motifs is 1. The zero-order valence-corrected chi connectivity index (χ0v) is 11.1. The molecule has 1 heterocycles. The van der Waals surface area contributed by atoms with Crippen molar-refractivity contribution in [2.24, 2.45) is 11.8 Å². The number of carbonyl (C=O) groups excluding carboxylic acids is 2. The van der Waals surface area contributed by atoms with E-state index in [1.54, 1.807) is 6.08 Å². The van der Waals surface area contributed by atoms with Crippen LogP contribution in [-0.4, -0.2) is 19.2 Å². The molecule has 2 rings (SSSR count). The molecule has 3 nitrogen and oxygen atoms in total. The van der Waals surface area contributed by atoms with Gasteiger partial charge < -0.3 is 0 Å². The standard InChI is InChI=1S/C9H8Cl3NO2S/c10-9(11,12)16-13-7(14)5-3-1-2-4-6(5)8(13)15/h1,3,5-6H,2,4H2. The molecule has 1 aliphatic heterocycles. The Morgan fingerprint density at radius 2 is 2.00 bits per heavy atom. The van der Waals surface area contributed by atoms with Crippen LogP contribution in [0.4, 0.5) is 0 Å². The average molecular weight is 301 g/mol. The van der Waals surface area contributed by atoms with E-state index in [2.05, 4.69) is 0 Å². The van der Waals surface area contributed by atoms with E-state index in [-0.39, 0.29) is 23.7 Å². The van der Waals surface area contributed by atoms with Crippen LogP contribution in [0.25, 0.3) is 0 Å². The highest BCUT2D eigenvalue weighted by Gasteiger charge is 2.49. The normalized spacial score (nSPS) is 29.8. The van der Waals surface area contributed by atoms with E-state index in [1.807, 2.05) is 6.08 Å². The quantitative estimate of drug-likeness (QED) is 0.323. The molecule has 7 heteroatoms. The van der Waals surface area contributed by atoms with E-state index in [9.17, 15) is 9.59 Å². The Hall–Kier alpha value is 0.1000. The topological polar surface area (TPSA) is 37.4 Å². The van der Waals surface area contributed by atoms with Gasteiger partial charge in [0.25, 0.3) is 3.12 Å². The molecule has 0 aromatic rings. The van der Waals surface area contributed by atoms with Crippen molar-refractivity contribution >= 4 is 58.6 Å². The second-order valence-electron chi connectivity index (χ2n) is 3.65. The molecule has 2 amide bonds. The smallest absolute Gasteiger partial charge is 0.256 e. The molecule has 2 unspecified atom stereocenters. The number of rotatable bonds is 1. The zero-order valence-electron chi connectivity index (χ0n) is 8.03. The van der Waals surface area contributed by atoms with Crippen LogP contribution in [0.3, 0.4) is 0 Å². The number of imide groups is 1. The molecule has 1 aliphatic carbocycles. The summed E-state index contributed by atoms with van der Waals surface area (Å²) in [5.41, 5.74) is 0.